The first-order chi connectivity index (χ1) is 14.4. The number of carbonyl (C=O) groups excluding carboxylic acids is 1. The highest BCUT2D eigenvalue weighted by molar-refractivity contribution is 7.99. The molecule has 0 radical (unpaired) electrons. The molecule has 1 aromatic heterocycles. The SMILES string of the molecule is COc1ccccc1OCc1ccc(C(=O)Nc2ccccc2SCC(F)(F)F)o1. The minimum Gasteiger partial charge on any atom is -0.493 e. The van der Waals surface area contributed by atoms with E-state index in [0.717, 1.165) is 0 Å². The number of amides is 1. The van der Waals surface area contributed by atoms with Gasteiger partial charge in [0.15, 0.2) is 17.3 Å². The second-order valence-electron chi connectivity index (χ2n) is 6.06. The average molecular weight is 437 g/mol. The molecule has 3 aromatic rings. The number of rotatable bonds is 8. The monoisotopic (exact) mass is 437 g/mol. The van der Waals surface area contributed by atoms with Gasteiger partial charge in [0.2, 0.25) is 0 Å². The Morgan fingerprint density at radius 3 is 2.47 bits per heavy atom. The first-order valence-corrected chi connectivity index (χ1v) is 9.79. The van der Waals surface area contributed by atoms with Gasteiger partial charge in [-0.3, -0.25) is 4.79 Å². The Hall–Kier alpha value is -3.07. The van der Waals surface area contributed by atoms with Crippen LogP contribution in [0.4, 0.5) is 18.9 Å². The molecule has 2 aromatic carbocycles. The summed E-state index contributed by atoms with van der Waals surface area (Å²) in [5.74, 6) is -0.105. The maximum absolute atomic E-state index is 12.5. The molecule has 0 saturated carbocycles. The molecule has 0 spiro atoms. The molecule has 158 valence electrons. The van der Waals surface area contributed by atoms with Crippen LogP contribution in [0, 0.1) is 0 Å². The number of alkyl halides is 3. The normalized spacial score (nSPS) is 11.2. The van der Waals surface area contributed by atoms with E-state index in [1.54, 1.807) is 36.4 Å². The molecule has 1 N–H and O–H groups in total. The van der Waals surface area contributed by atoms with E-state index in [1.165, 1.54) is 25.3 Å². The van der Waals surface area contributed by atoms with Crippen molar-refractivity contribution in [2.75, 3.05) is 18.2 Å². The van der Waals surface area contributed by atoms with Crippen molar-refractivity contribution in [1.29, 1.82) is 0 Å². The second kappa shape index (κ2) is 9.62. The third kappa shape index (κ3) is 5.96. The molecule has 0 atom stereocenters. The van der Waals surface area contributed by atoms with Crippen molar-refractivity contribution in [2.45, 2.75) is 17.7 Å². The van der Waals surface area contributed by atoms with Crippen LogP contribution in [0.5, 0.6) is 11.5 Å². The van der Waals surface area contributed by atoms with Crippen LogP contribution < -0.4 is 14.8 Å². The standard InChI is InChI=1S/C21H18F3NO4S/c1-27-16-7-3-4-8-17(16)28-12-14-10-11-18(29-14)20(26)25-15-6-2-5-9-19(15)30-13-21(22,23)24/h2-11H,12-13H2,1H3,(H,25,26). The second-order valence-corrected chi connectivity index (χ2v) is 7.08. The molecule has 3 rings (SSSR count). The van der Waals surface area contributed by atoms with Crippen molar-refractivity contribution in [2.24, 2.45) is 0 Å². The molecule has 0 bridgehead atoms. The summed E-state index contributed by atoms with van der Waals surface area (Å²) in [7, 11) is 1.53. The number of anilines is 1. The maximum atomic E-state index is 12.5. The molecule has 0 fully saturated rings. The number of hydrogen-bond acceptors (Lipinski definition) is 5. The lowest BCUT2D eigenvalue weighted by Gasteiger charge is -2.11. The Balaban J connectivity index is 1.63. The number of carbonyl (C=O) groups is 1. The van der Waals surface area contributed by atoms with Crippen LogP contribution in [0.2, 0.25) is 0 Å². The number of ether oxygens (including phenoxy) is 2. The first-order valence-electron chi connectivity index (χ1n) is 8.80. The van der Waals surface area contributed by atoms with E-state index in [-0.39, 0.29) is 18.1 Å². The van der Waals surface area contributed by atoms with Crippen LogP contribution >= 0.6 is 11.8 Å². The molecule has 0 aliphatic carbocycles. The van der Waals surface area contributed by atoms with Gasteiger partial charge in [0.1, 0.15) is 12.4 Å². The topological polar surface area (TPSA) is 60.7 Å². The molecule has 1 heterocycles. The van der Waals surface area contributed by atoms with Gasteiger partial charge in [-0.1, -0.05) is 24.3 Å². The fraction of sp³-hybridized carbons (Fsp3) is 0.190. The Morgan fingerprint density at radius 2 is 1.73 bits per heavy atom. The Bertz CT molecular complexity index is 1000. The van der Waals surface area contributed by atoms with Gasteiger partial charge >= 0.3 is 6.18 Å². The van der Waals surface area contributed by atoms with E-state index in [1.807, 2.05) is 6.07 Å². The maximum Gasteiger partial charge on any atom is 0.398 e. The van der Waals surface area contributed by atoms with Crippen LogP contribution in [0.15, 0.2) is 70.0 Å². The zero-order valence-corrected chi connectivity index (χ0v) is 16.7. The lowest BCUT2D eigenvalue weighted by atomic mass is 10.3. The number of methoxy groups -OCH3 is 1. The van der Waals surface area contributed by atoms with E-state index in [0.29, 0.717) is 33.9 Å². The van der Waals surface area contributed by atoms with Gasteiger partial charge in [0, 0.05) is 4.90 Å². The Morgan fingerprint density at radius 1 is 1.03 bits per heavy atom. The Kier molecular flexibility index (Phi) is 6.94. The van der Waals surface area contributed by atoms with E-state index < -0.39 is 17.8 Å². The van der Waals surface area contributed by atoms with Crippen molar-refractivity contribution >= 4 is 23.4 Å². The number of para-hydroxylation sites is 3. The largest absolute Gasteiger partial charge is 0.493 e. The molecule has 5 nitrogen and oxygen atoms in total. The van der Waals surface area contributed by atoms with Gasteiger partial charge in [0.05, 0.1) is 18.6 Å². The molecule has 0 saturated heterocycles. The number of thioether (sulfide) groups is 1. The summed E-state index contributed by atoms with van der Waals surface area (Å²) >= 11 is 0.603. The molecule has 0 unspecified atom stereocenters. The quantitative estimate of drug-likeness (QED) is 0.453. The highest BCUT2D eigenvalue weighted by Crippen LogP contribution is 2.32. The summed E-state index contributed by atoms with van der Waals surface area (Å²) in [5.41, 5.74) is 0.278. The van der Waals surface area contributed by atoms with E-state index in [9.17, 15) is 18.0 Å². The van der Waals surface area contributed by atoms with Gasteiger partial charge in [-0.05, 0) is 36.4 Å². The van der Waals surface area contributed by atoms with Gasteiger partial charge in [-0.25, -0.2) is 0 Å². The average Bonchev–Trinajstić information content (AvgIpc) is 3.20. The molecular weight excluding hydrogens is 419 g/mol. The van der Waals surface area contributed by atoms with Crippen molar-refractivity contribution in [3.63, 3.8) is 0 Å². The van der Waals surface area contributed by atoms with Gasteiger partial charge < -0.3 is 19.2 Å². The highest BCUT2D eigenvalue weighted by Gasteiger charge is 2.28. The van der Waals surface area contributed by atoms with Crippen LogP contribution in [0.1, 0.15) is 16.3 Å². The lowest BCUT2D eigenvalue weighted by molar-refractivity contribution is -0.105. The van der Waals surface area contributed by atoms with E-state index >= 15 is 0 Å². The number of halogens is 3. The number of hydrogen-bond donors (Lipinski definition) is 1. The summed E-state index contributed by atoms with van der Waals surface area (Å²) in [4.78, 5) is 12.8. The molecule has 9 heteroatoms. The fourth-order valence-electron chi connectivity index (χ4n) is 2.50. The molecule has 30 heavy (non-hydrogen) atoms. The third-order valence-electron chi connectivity index (χ3n) is 3.85. The zero-order valence-electron chi connectivity index (χ0n) is 15.9. The molecule has 0 aliphatic rings. The van der Waals surface area contributed by atoms with Crippen molar-refractivity contribution in [3.8, 4) is 11.5 Å². The van der Waals surface area contributed by atoms with E-state index in [2.05, 4.69) is 5.32 Å². The number of benzene rings is 2. The predicted molar refractivity (Wildman–Crippen MR) is 107 cm³/mol. The predicted octanol–water partition coefficient (Wildman–Crippen LogP) is 5.77. The summed E-state index contributed by atoms with van der Waals surface area (Å²) in [6, 6.07) is 16.5. The van der Waals surface area contributed by atoms with Crippen LogP contribution in [0.3, 0.4) is 0 Å². The smallest absolute Gasteiger partial charge is 0.398 e. The Labute approximate surface area is 175 Å². The molecule has 0 aliphatic heterocycles. The van der Waals surface area contributed by atoms with Crippen molar-refractivity contribution in [1.82, 2.24) is 0 Å². The van der Waals surface area contributed by atoms with Gasteiger partial charge in [-0.15, -0.1) is 11.8 Å². The summed E-state index contributed by atoms with van der Waals surface area (Å²) < 4.78 is 53.9. The highest BCUT2D eigenvalue weighted by atomic mass is 32.2. The van der Waals surface area contributed by atoms with Crippen LogP contribution in [-0.4, -0.2) is 24.9 Å². The van der Waals surface area contributed by atoms with Crippen molar-refractivity contribution in [3.05, 3.63) is 72.2 Å². The lowest BCUT2D eigenvalue weighted by Crippen LogP contribution is -2.13. The zero-order chi connectivity index (χ0) is 21.6. The van der Waals surface area contributed by atoms with E-state index in [4.69, 9.17) is 13.9 Å². The minimum absolute atomic E-state index is 0.0178. The molecular formula is C21H18F3NO4S. The minimum atomic E-state index is -4.31. The third-order valence-corrected chi connectivity index (χ3v) is 4.99. The number of furan rings is 1. The van der Waals surface area contributed by atoms with Gasteiger partial charge in [0.25, 0.3) is 5.91 Å². The summed E-state index contributed by atoms with van der Waals surface area (Å²) in [6.07, 6.45) is -4.31. The first kappa shape index (κ1) is 21.6. The summed E-state index contributed by atoms with van der Waals surface area (Å²) in [6.45, 7) is 0.0751. The van der Waals surface area contributed by atoms with Gasteiger partial charge in [-0.2, -0.15) is 13.2 Å². The fourth-order valence-corrected chi connectivity index (χ4v) is 3.27. The van der Waals surface area contributed by atoms with Crippen molar-refractivity contribution < 1.29 is 31.9 Å². The summed E-state index contributed by atoms with van der Waals surface area (Å²) in [5, 5.41) is 2.59. The van der Waals surface area contributed by atoms with Crippen LogP contribution in [-0.2, 0) is 6.61 Å². The molecule has 1 amide bonds. The number of nitrogens with one attached hydrogen (secondary N) is 1. The van der Waals surface area contributed by atoms with Crippen LogP contribution in [0.25, 0.3) is 0 Å².